The third-order valence-corrected chi connectivity index (χ3v) is 5.08. The molecule has 0 aliphatic carbocycles. The fourth-order valence-electron chi connectivity index (χ4n) is 1.82. The molecular formula is C15H8F6Hf+2. The van der Waals surface area contributed by atoms with Gasteiger partial charge in [-0.15, -0.1) is 0 Å². The fourth-order valence-corrected chi connectivity index (χ4v) is 3.02. The van der Waals surface area contributed by atoms with E-state index in [-0.39, 0.29) is 0 Å². The van der Waals surface area contributed by atoms with Gasteiger partial charge in [-0.3, -0.25) is 0 Å². The molecule has 7 heteroatoms. The molecule has 0 radical (unpaired) electrons. The van der Waals surface area contributed by atoms with Crippen molar-refractivity contribution in [3.05, 3.63) is 70.8 Å². The van der Waals surface area contributed by atoms with E-state index in [0.29, 0.717) is 35.0 Å². The van der Waals surface area contributed by atoms with Crippen LogP contribution in [0.25, 0.3) is 0 Å². The average molecular weight is 481 g/mol. The van der Waals surface area contributed by atoms with Gasteiger partial charge in [0.25, 0.3) is 0 Å². The Morgan fingerprint density at radius 2 is 0.864 bits per heavy atom. The summed E-state index contributed by atoms with van der Waals surface area (Å²) in [6.45, 7) is 0. The first kappa shape index (κ1) is 17.1. The van der Waals surface area contributed by atoms with Gasteiger partial charge >= 0.3 is 137 Å². The maximum atomic E-state index is 12.5. The molecule has 0 heterocycles. The van der Waals surface area contributed by atoms with Crippen molar-refractivity contribution in [1.82, 2.24) is 0 Å². The van der Waals surface area contributed by atoms with Crippen molar-refractivity contribution in [1.29, 1.82) is 0 Å². The standard InChI is InChI=1S/C15H8F6.Hf/c16-14(17,18)12-5-1-10(2-6-12)9-11-3-7-13(8-4-11)15(19,20)21;/h1-8H;/q;+2. The zero-order chi connectivity index (χ0) is 16.5. The zero-order valence-electron chi connectivity index (χ0n) is 10.9. The topological polar surface area (TPSA) is 0 Å². The summed E-state index contributed by atoms with van der Waals surface area (Å²) >= 11 is 0.493. The van der Waals surface area contributed by atoms with Gasteiger partial charge in [-0.05, 0) is 0 Å². The first-order valence-electron chi connectivity index (χ1n) is 6.03. The SMILES string of the molecule is FC(F)(F)c1ccc([C](=[Hf+2])c2ccc(C(F)(F)F)cc2)cc1. The first-order chi connectivity index (χ1) is 10.1. The molecule has 112 valence electrons. The van der Waals surface area contributed by atoms with E-state index in [1.807, 2.05) is 0 Å². The van der Waals surface area contributed by atoms with E-state index < -0.39 is 23.5 Å². The molecule has 22 heavy (non-hydrogen) atoms. The van der Waals surface area contributed by atoms with Crippen molar-refractivity contribution in [3.8, 4) is 0 Å². The number of rotatable bonds is 2. The van der Waals surface area contributed by atoms with E-state index in [2.05, 4.69) is 0 Å². The Morgan fingerprint density at radius 3 is 1.09 bits per heavy atom. The summed E-state index contributed by atoms with van der Waals surface area (Å²) in [5, 5.41) is 0. The third-order valence-electron chi connectivity index (χ3n) is 3.00. The average Bonchev–Trinajstić information content (AvgIpc) is 2.45. The summed E-state index contributed by atoms with van der Waals surface area (Å²) < 4.78 is 75.7. The van der Waals surface area contributed by atoms with Crippen molar-refractivity contribution in [2.24, 2.45) is 0 Å². The second-order valence-electron chi connectivity index (χ2n) is 4.53. The van der Waals surface area contributed by atoms with Crippen LogP contribution in [0.4, 0.5) is 26.3 Å². The minimum atomic E-state index is -4.40. The van der Waals surface area contributed by atoms with Crippen LogP contribution in [0, 0.1) is 0 Å². The van der Waals surface area contributed by atoms with E-state index in [1.54, 1.807) is 0 Å². The second kappa shape index (κ2) is 6.10. The van der Waals surface area contributed by atoms with Gasteiger partial charge in [-0.1, -0.05) is 0 Å². The molecule has 0 saturated heterocycles. The van der Waals surface area contributed by atoms with Gasteiger partial charge < -0.3 is 0 Å². The first-order valence-corrected chi connectivity index (χ1v) is 7.82. The Morgan fingerprint density at radius 1 is 0.591 bits per heavy atom. The van der Waals surface area contributed by atoms with Crippen LogP contribution in [-0.2, 0) is 36.2 Å². The quantitative estimate of drug-likeness (QED) is 0.426. The third kappa shape index (κ3) is 3.94. The van der Waals surface area contributed by atoms with Gasteiger partial charge in [-0.25, -0.2) is 0 Å². The molecule has 0 N–H and O–H groups in total. The summed E-state index contributed by atoms with van der Waals surface area (Å²) in [5.41, 5.74) is -0.338. The van der Waals surface area contributed by atoms with Crippen molar-refractivity contribution >= 4 is 3.26 Å². The molecular weight excluding hydrogens is 473 g/mol. The molecule has 0 nitrogen and oxygen atoms in total. The molecule has 0 fully saturated rings. The van der Waals surface area contributed by atoms with Gasteiger partial charge in [0.15, 0.2) is 0 Å². The van der Waals surface area contributed by atoms with Crippen molar-refractivity contribution in [3.63, 3.8) is 0 Å². The predicted molar refractivity (Wildman–Crippen MR) is 66.1 cm³/mol. The summed E-state index contributed by atoms with van der Waals surface area (Å²) in [5.74, 6) is 0. The van der Waals surface area contributed by atoms with Gasteiger partial charge in [-0.2, -0.15) is 0 Å². The minimum absolute atomic E-state index is 0.493. The number of hydrogen-bond acceptors (Lipinski definition) is 0. The van der Waals surface area contributed by atoms with Crippen LogP contribution in [0.3, 0.4) is 0 Å². The van der Waals surface area contributed by atoms with Crippen LogP contribution in [0.15, 0.2) is 48.5 Å². The molecule has 0 amide bonds. The molecule has 2 aromatic rings. The molecule has 0 aromatic heterocycles. The van der Waals surface area contributed by atoms with Crippen molar-refractivity contribution in [2.45, 2.75) is 12.4 Å². The molecule has 0 aliphatic rings. The summed E-state index contributed by atoms with van der Waals surface area (Å²) in [7, 11) is 0. The monoisotopic (exact) mass is 482 g/mol. The van der Waals surface area contributed by atoms with E-state index in [1.165, 1.54) is 24.3 Å². The van der Waals surface area contributed by atoms with Gasteiger partial charge in [0.2, 0.25) is 0 Å². The number of benzene rings is 2. The molecule has 0 aliphatic heterocycles. The maximum absolute atomic E-state index is 12.5. The summed E-state index contributed by atoms with van der Waals surface area (Å²) in [4.78, 5) is 0. The van der Waals surface area contributed by atoms with Crippen molar-refractivity contribution in [2.75, 3.05) is 0 Å². The van der Waals surface area contributed by atoms with Gasteiger partial charge in [0, 0.05) is 0 Å². The van der Waals surface area contributed by atoms with Crippen LogP contribution in [0.2, 0.25) is 0 Å². The van der Waals surface area contributed by atoms with Crippen LogP contribution >= 0.6 is 0 Å². The predicted octanol–water partition coefficient (Wildman–Crippen LogP) is 4.84. The molecule has 0 spiro atoms. The molecule has 0 bridgehead atoms. The summed E-state index contributed by atoms with van der Waals surface area (Å²) in [6.07, 6.45) is -8.81. The number of alkyl halides is 6. The Bertz CT molecular complexity index is 606. The summed E-state index contributed by atoms with van der Waals surface area (Å²) in [6, 6.07) is 9.22. The Labute approximate surface area is 136 Å². The molecule has 2 aromatic carbocycles. The van der Waals surface area contributed by atoms with Crippen molar-refractivity contribution < 1.29 is 50.2 Å². The second-order valence-corrected chi connectivity index (χ2v) is 6.32. The Hall–Kier alpha value is -1.24. The van der Waals surface area contributed by atoms with Crippen LogP contribution in [0.1, 0.15) is 22.3 Å². The number of halogens is 6. The molecule has 0 unspecified atom stereocenters. The van der Waals surface area contributed by atoms with E-state index in [0.717, 1.165) is 27.5 Å². The van der Waals surface area contributed by atoms with Crippen LogP contribution in [0.5, 0.6) is 0 Å². The normalized spacial score (nSPS) is 12.4. The van der Waals surface area contributed by atoms with Gasteiger partial charge in [0.1, 0.15) is 0 Å². The Kier molecular flexibility index (Phi) is 4.75. The zero-order valence-corrected chi connectivity index (χ0v) is 14.5. The molecule has 0 saturated carbocycles. The fraction of sp³-hybridized carbons (Fsp3) is 0.133. The van der Waals surface area contributed by atoms with E-state index in [4.69, 9.17) is 0 Å². The van der Waals surface area contributed by atoms with Gasteiger partial charge in [0.05, 0.1) is 0 Å². The molecule has 0 atom stereocenters. The van der Waals surface area contributed by atoms with E-state index >= 15 is 0 Å². The van der Waals surface area contributed by atoms with Crippen LogP contribution < -0.4 is 0 Å². The number of hydrogen-bond donors (Lipinski definition) is 0. The van der Waals surface area contributed by atoms with Crippen LogP contribution in [-0.4, -0.2) is 3.26 Å². The van der Waals surface area contributed by atoms with E-state index in [9.17, 15) is 26.3 Å². The molecule has 2 rings (SSSR count). The Balaban J connectivity index is 2.25.